The summed E-state index contributed by atoms with van der Waals surface area (Å²) in [5.74, 6) is -0.984. The summed E-state index contributed by atoms with van der Waals surface area (Å²) in [7, 11) is 0. The van der Waals surface area contributed by atoms with Gasteiger partial charge in [0.15, 0.2) is 6.61 Å². The molecule has 2 aromatic carbocycles. The molecular formula is C22H22N4O3. The first-order chi connectivity index (χ1) is 14.1. The van der Waals surface area contributed by atoms with Gasteiger partial charge >= 0.3 is 5.97 Å². The Morgan fingerprint density at radius 2 is 1.79 bits per heavy atom. The first kappa shape index (κ1) is 20.0. The maximum Gasteiger partial charge on any atom is 0.331 e. The molecule has 0 bridgehead atoms. The molecule has 0 fully saturated rings. The van der Waals surface area contributed by atoms with E-state index >= 15 is 0 Å². The fourth-order valence-electron chi connectivity index (χ4n) is 2.68. The molecule has 3 rings (SSSR count). The van der Waals surface area contributed by atoms with Crippen molar-refractivity contribution in [1.29, 1.82) is 0 Å². The molecule has 1 N–H and O–H groups in total. The molecule has 0 aliphatic heterocycles. The minimum absolute atomic E-state index is 0.169. The second-order valence-electron chi connectivity index (χ2n) is 6.47. The summed E-state index contributed by atoms with van der Waals surface area (Å²) in [4.78, 5) is 23.8. The van der Waals surface area contributed by atoms with Crippen LogP contribution in [0.1, 0.15) is 29.8 Å². The number of carbonyl (C=O) groups is 2. The van der Waals surface area contributed by atoms with Gasteiger partial charge in [-0.3, -0.25) is 4.79 Å². The maximum atomic E-state index is 11.9. The number of carbonyl (C=O) groups excluding carboxylic acids is 2. The lowest BCUT2D eigenvalue weighted by atomic mass is 10.1. The van der Waals surface area contributed by atoms with Crippen LogP contribution in [0.2, 0.25) is 0 Å². The monoisotopic (exact) mass is 390 g/mol. The molecule has 0 radical (unpaired) electrons. The summed E-state index contributed by atoms with van der Waals surface area (Å²) in [6, 6.07) is 19.3. The predicted octanol–water partition coefficient (Wildman–Crippen LogP) is 2.76. The second-order valence-corrected chi connectivity index (χ2v) is 6.47. The Labute approximate surface area is 169 Å². The van der Waals surface area contributed by atoms with Crippen molar-refractivity contribution in [2.75, 3.05) is 6.61 Å². The summed E-state index contributed by atoms with van der Waals surface area (Å²) in [6.07, 6.45) is 4.46. The zero-order chi connectivity index (χ0) is 20.5. The molecule has 0 unspecified atom stereocenters. The molecule has 1 atom stereocenters. The minimum Gasteiger partial charge on any atom is -0.452 e. The fourth-order valence-corrected chi connectivity index (χ4v) is 2.68. The first-order valence-corrected chi connectivity index (χ1v) is 9.23. The van der Waals surface area contributed by atoms with Crippen LogP contribution in [0.25, 0.3) is 6.08 Å². The number of nitrogens with zero attached hydrogens (tertiary/aromatic N) is 3. The summed E-state index contributed by atoms with van der Waals surface area (Å²) in [5, 5.41) is 10.8. The SMILES string of the molecule is C[C@H](NC(=O)COC(=O)/C=C/c1cn(Cc2ccccc2)nn1)c1ccccc1. The van der Waals surface area contributed by atoms with Crippen LogP contribution in [0.4, 0.5) is 0 Å². The highest BCUT2D eigenvalue weighted by Gasteiger charge is 2.10. The average molecular weight is 390 g/mol. The highest BCUT2D eigenvalue weighted by molar-refractivity contribution is 5.89. The summed E-state index contributed by atoms with van der Waals surface area (Å²) < 4.78 is 6.65. The highest BCUT2D eigenvalue weighted by atomic mass is 16.5. The number of ether oxygens (including phenoxy) is 1. The van der Waals surface area contributed by atoms with Gasteiger partial charge in [0.25, 0.3) is 5.91 Å². The van der Waals surface area contributed by atoms with Crippen molar-refractivity contribution in [3.8, 4) is 0 Å². The van der Waals surface area contributed by atoms with Gasteiger partial charge in [0, 0.05) is 6.08 Å². The molecule has 7 heteroatoms. The van der Waals surface area contributed by atoms with Crippen LogP contribution < -0.4 is 5.32 Å². The van der Waals surface area contributed by atoms with Crippen molar-refractivity contribution < 1.29 is 14.3 Å². The Morgan fingerprint density at radius 3 is 2.52 bits per heavy atom. The van der Waals surface area contributed by atoms with Crippen molar-refractivity contribution in [3.05, 3.63) is 89.8 Å². The van der Waals surface area contributed by atoms with Gasteiger partial charge in [-0.05, 0) is 24.1 Å². The van der Waals surface area contributed by atoms with Gasteiger partial charge in [0.2, 0.25) is 0 Å². The second kappa shape index (κ2) is 9.98. The minimum atomic E-state index is -0.620. The van der Waals surface area contributed by atoms with Crippen molar-refractivity contribution in [1.82, 2.24) is 20.3 Å². The van der Waals surface area contributed by atoms with Crippen LogP contribution >= 0.6 is 0 Å². The van der Waals surface area contributed by atoms with E-state index < -0.39 is 5.97 Å². The summed E-state index contributed by atoms with van der Waals surface area (Å²) >= 11 is 0. The molecule has 1 aromatic heterocycles. The van der Waals surface area contributed by atoms with Gasteiger partial charge in [-0.15, -0.1) is 5.10 Å². The predicted molar refractivity (Wildman–Crippen MR) is 109 cm³/mol. The van der Waals surface area contributed by atoms with Gasteiger partial charge in [-0.1, -0.05) is 65.9 Å². The van der Waals surface area contributed by atoms with Crippen molar-refractivity contribution in [2.24, 2.45) is 0 Å². The smallest absolute Gasteiger partial charge is 0.331 e. The summed E-state index contributed by atoms with van der Waals surface area (Å²) in [6.45, 7) is 2.11. The van der Waals surface area contributed by atoms with Crippen LogP contribution in [0, 0.1) is 0 Å². The van der Waals surface area contributed by atoms with E-state index in [2.05, 4.69) is 15.6 Å². The fraction of sp³-hybridized carbons (Fsp3) is 0.182. The largest absolute Gasteiger partial charge is 0.452 e. The van der Waals surface area contributed by atoms with Crippen LogP contribution in [0.5, 0.6) is 0 Å². The van der Waals surface area contributed by atoms with Crippen LogP contribution in [0.15, 0.2) is 72.9 Å². The lowest BCUT2D eigenvalue weighted by Gasteiger charge is -2.13. The Bertz CT molecular complexity index is 968. The third-order valence-electron chi connectivity index (χ3n) is 4.16. The van der Waals surface area contributed by atoms with Crippen molar-refractivity contribution in [2.45, 2.75) is 19.5 Å². The number of aromatic nitrogens is 3. The number of nitrogens with one attached hydrogen (secondary N) is 1. The van der Waals surface area contributed by atoms with E-state index in [9.17, 15) is 9.59 Å². The van der Waals surface area contributed by atoms with E-state index in [0.717, 1.165) is 11.1 Å². The third kappa shape index (κ3) is 6.42. The molecule has 29 heavy (non-hydrogen) atoms. The number of hydrogen-bond acceptors (Lipinski definition) is 5. The molecule has 3 aromatic rings. The van der Waals surface area contributed by atoms with E-state index in [1.165, 1.54) is 12.2 Å². The number of benzene rings is 2. The summed E-state index contributed by atoms with van der Waals surface area (Å²) in [5.41, 5.74) is 2.61. The van der Waals surface area contributed by atoms with Gasteiger partial charge in [-0.25, -0.2) is 9.48 Å². The molecule has 148 valence electrons. The standard InChI is InChI=1S/C22H22N4O3/c1-17(19-10-6-3-7-11-19)23-21(27)16-29-22(28)13-12-20-15-26(25-24-20)14-18-8-4-2-5-9-18/h2-13,15,17H,14,16H2,1H3,(H,23,27)/b13-12+/t17-/m0/s1. The molecule has 1 heterocycles. The Kier molecular flexibility index (Phi) is 6.89. The zero-order valence-corrected chi connectivity index (χ0v) is 16.1. The number of rotatable bonds is 8. The number of hydrogen-bond donors (Lipinski definition) is 1. The lowest BCUT2D eigenvalue weighted by Crippen LogP contribution is -2.30. The van der Waals surface area contributed by atoms with E-state index in [1.54, 1.807) is 10.9 Å². The molecule has 0 saturated heterocycles. The Balaban J connectivity index is 1.43. The molecular weight excluding hydrogens is 368 g/mol. The number of esters is 1. The first-order valence-electron chi connectivity index (χ1n) is 9.23. The average Bonchev–Trinajstić information content (AvgIpc) is 3.19. The Morgan fingerprint density at radius 1 is 1.10 bits per heavy atom. The van der Waals surface area contributed by atoms with Crippen molar-refractivity contribution >= 4 is 18.0 Å². The quantitative estimate of drug-likeness (QED) is 0.472. The van der Waals surface area contributed by atoms with Gasteiger partial charge in [0.1, 0.15) is 5.69 Å². The lowest BCUT2D eigenvalue weighted by molar-refractivity contribution is -0.144. The number of amides is 1. The van der Waals surface area contributed by atoms with E-state index in [0.29, 0.717) is 12.2 Å². The van der Waals surface area contributed by atoms with Gasteiger partial charge in [-0.2, -0.15) is 0 Å². The van der Waals surface area contributed by atoms with E-state index in [1.807, 2.05) is 67.6 Å². The van der Waals surface area contributed by atoms with Gasteiger partial charge in [0.05, 0.1) is 18.8 Å². The normalized spacial score (nSPS) is 11.9. The molecule has 0 aliphatic rings. The van der Waals surface area contributed by atoms with E-state index in [-0.39, 0.29) is 18.6 Å². The van der Waals surface area contributed by atoms with Crippen molar-refractivity contribution in [3.63, 3.8) is 0 Å². The van der Waals surface area contributed by atoms with Crippen LogP contribution in [-0.4, -0.2) is 33.5 Å². The van der Waals surface area contributed by atoms with E-state index in [4.69, 9.17) is 4.74 Å². The molecule has 1 amide bonds. The molecule has 7 nitrogen and oxygen atoms in total. The van der Waals surface area contributed by atoms with Gasteiger partial charge < -0.3 is 10.1 Å². The van der Waals surface area contributed by atoms with Crippen LogP contribution in [0.3, 0.4) is 0 Å². The van der Waals surface area contributed by atoms with Crippen LogP contribution in [-0.2, 0) is 20.9 Å². The molecule has 0 saturated carbocycles. The molecule has 0 spiro atoms. The zero-order valence-electron chi connectivity index (χ0n) is 16.1. The topological polar surface area (TPSA) is 86.1 Å². The Hall–Kier alpha value is -3.74. The molecule has 0 aliphatic carbocycles. The third-order valence-corrected chi connectivity index (χ3v) is 4.16. The maximum absolute atomic E-state index is 11.9. The highest BCUT2D eigenvalue weighted by Crippen LogP contribution is 2.10.